The molecule has 1 aromatic heterocycles. The molecule has 3 nitrogen and oxygen atoms in total. The molecule has 2 rings (SSSR count). The summed E-state index contributed by atoms with van der Waals surface area (Å²) in [6.07, 6.45) is 4.93. The van der Waals surface area contributed by atoms with E-state index in [4.69, 9.17) is 0 Å². The molecule has 0 unspecified atom stereocenters. The number of nitrogens with zero attached hydrogens (tertiary/aromatic N) is 2. The number of aryl methyl sites for hydroxylation is 1. The summed E-state index contributed by atoms with van der Waals surface area (Å²) in [4.78, 5) is 8.54. The van der Waals surface area contributed by atoms with Crippen molar-refractivity contribution in [1.82, 2.24) is 10.3 Å². The van der Waals surface area contributed by atoms with Gasteiger partial charge in [-0.2, -0.15) is 0 Å². The van der Waals surface area contributed by atoms with E-state index in [2.05, 4.69) is 22.2 Å². The van der Waals surface area contributed by atoms with Gasteiger partial charge in [-0.3, -0.25) is 9.98 Å². The molecule has 4 heteroatoms. The van der Waals surface area contributed by atoms with E-state index in [0.717, 1.165) is 18.3 Å². The van der Waals surface area contributed by atoms with Gasteiger partial charge in [0.15, 0.2) is 5.17 Å². The van der Waals surface area contributed by atoms with E-state index in [0.29, 0.717) is 0 Å². The first kappa shape index (κ1) is 10.5. The van der Waals surface area contributed by atoms with E-state index in [9.17, 15) is 0 Å². The van der Waals surface area contributed by atoms with Gasteiger partial charge in [0.05, 0.1) is 0 Å². The minimum absolute atomic E-state index is 0.825. The summed E-state index contributed by atoms with van der Waals surface area (Å²) in [5.74, 6) is 1.18. The highest BCUT2D eigenvalue weighted by molar-refractivity contribution is 8.13. The van der Waals surface area contributed by atoms with Gasteiger partial charge in [-0.15, -0.1) is 0 Å². The lowest BCUT2D eigenvalue weighted by molar-refractivity contribution is 0.871. The molecule has 0 aromatic carbocycles. The van der Waals surface area contributed by atoms with E-state index >= 15 is 0 Å². The van der Waals surface area contributed by atoms with Crippen LogP contribution >= 0.6 is 11.8 Å². The van der Waals surface area contributed by atoms with Crippen LogP contribution in [-0.4, -0.2) is 22.4 Å². The van der Waals surface area contributed by atoms with Crippen LogP contribution in [0.5, 0.6) is 0 Å². The quantitative estimate of drug-likeness (QED) is 0.829. The molecule has 0 fully saturated rings. The van der Waals surface area contributed by atoms with Crippen LogP contribution in [0, 0.1) is 6.92 Å². The first-order valence-electron chi connectivity index (χ1n) is 5.17. The third kappa shape index (κ3) is 2.96. The second-order valence-corrected chi connectivity index (χ2v) is 4.63. The van der Waals surface area contributed by atoms with Gasteiger partial charge in [0, 0.05) is 31.2 Å². The van der Waals surface area contributed by atoms with Gasteiger partial charge >= 0.3 is 0 Å². The maximum Gasteiger partial charge on any atom is 0.156 e. The molecule has 0 radical (unpaired) electrons. The minimum Gasteiger partial charge on any atom is -0.361 e. The van der Waals surface area contributed by atoms with Gasteiger partial charge in [-0.05, 0) is 30.5 Å². The van der Waals surface area contributed by atoms with Gasteiger partial charge in [-0.25, -0.2) is 0 Å². The highest BCUT2D eigenvalue weighted by Crippen LogP contribution is 2.11. The van der Waals surface area contributed by atoms with Gasteiger partial charge in [0.25, 0.3) is 0 Å². The maximum atomic E-state index is 4.42. The molecule has 0 bridgehead atoms. The Hall–Kier alpha value is -1.03. The molecule has 2 heterocycles. The van der Waals surface area contributed by atoms with Crippen LogP contribution in [0.4, 0.5) is 0 Å². The van der Waals surface area contributed by atoms with Crippen molar-refractivity contribution in [3.05, 3.63) is 29.6 Å². The number of nitrogens with one attached hydrogen (secondary N) is 1. The molecule has 1 aliphatic rings. The predicted molar refractivity (Wildman–Crippen MR) is 65.2 cm³/mol. The van der Waals surface area contributed by atoms with E-state index in [1.54, 1.807) is 11.8 Å². The van der Waals surface area contributed by atoms with Crippen molar-refractivity contribution in [2.75, 3.05) is 12.3 Å². The van der Waals surface area contributed by atoms with Crippen LogP contribution in [0.2, 0.25) is 0 Å². The number of hydrogen-bond donors (Lipinski definition) is 1. The Morgan fingerprint density at radius 3 is 3.20 bits per heavy atom. The number of aliphatic imine (C=N–C) groups is 1. The molecule has 0 saturated heterocycles. The van der Waals surface area contributed by atoms with Crippen molar-refractivity contribution < 1.29 is 0 Å². The molecular formula is C11H15N3S. The smallest absolute Gasteiger partial charge is 0.156 e. The van der Waals surface area contributed by atoms with Crippen LogP contribution in [0.1, 0.15) is 17.5 Å². The topological polar surface area (TPSA) is 37.3 Å². The van der Waals surface area contributed by atoms with Gasteiger partial charge < -0.3 is 5.32 Å². The zero-order valence-electron chi connectivity index (χ0n) is 8.86. The number of aromatic nitrogens is 1. The summed E-state index contributed by atoms with van der Waals surface area (Å²) in [5, 5.41) is 4.43. The van der Waals surface area contributed by atoms with E-state index in [1.807, 2.05) is 18.5 Å². The number of thioether (sulfide) groups is 1. The number of hydrogen-bond acceptors (Lipinski definition) is 4. The second kappa shape index (κ2) is 5.16. The van der Waals surface area contributed by atoms with Gasteiger partial charge in [0.2, 0.25) is 0 Å². The third-order valence-corrected chi connectivity index (χ3v) is 3.41. The third-order valence-electron chi connectivity index (χ3n) is 2.37. The zero-order chi connectivity index (χ0) is 10.5. The molecule has 1 aliphatic heterocycles. The number of pyridine rings is 1. The predicted octanol–water partition coefficient (Wildman–Crippen LogP) is 1.97. The average Bonchev–Trinajstić information content (AvgIpc) is 2.29. The standard InChI is InChI=1S/C11H15N3S/c1-9-3-5-12-7-10(9)8-14-11-13-4-2-6-15-11/h3,5,7H,2,4,6,8H2,1H3,(H,13,14). The molecule has 0 amide bonds. The van der Waals surface area contributed by atoms with Crippen molar-refractivity contribution in [2.24, 2.45) is 4.99 Å². The van der Waals surface area contributed by atoms with Crippen LogP contribution in [0.25, 0.3) is 0 Å². The normalized spacial score (nSPS) is 15.9. The second-order valence-electron chi connectivity index (χ2n) is 3.54. The monoisotopic (exact) mass is 221 g/mol. The first-order chi connectivity index (χ1) is 7.36. The number of amidine groups is 1. The molecule has 15 heavy (non-hydrogen) atoms. The lowest BCUT2D eigenvalue weighted by Crippen LogP contribution is -2.23. The largest absolute Gasteiger partial charge is 0.361 e. The summed E-state index contributed by atoms with van der Waals surface area (Å²) in [5.41, 5.74) is 2.52. The zero-order valence-corrected chi connectivity index (χ0v) is 9.68. The van der Waals surface area contributed by atoms with E-state index in [1.165, 1.54) is 23.3 Å². The highest BCUT2D eigenvalue weighted by Gasteiger charge is 2.05. The Morgan fingerprint density at radius 1 is 1.53 bits per heavy atom. The fourth-order valence-corrected chi connectivity index (χ4v) is 2.24. The lowest BCUT2D eigenvalue weighted by atomic mass is 10.2. The number of rotatable bonds is 2. The Bertz CT molecular complexity index is 363. The molecule has 0 saturated carbocycles. The Kier molecular flexibility index (Phi) is 3.61. The lowest BCUT2D eigenvalue weighted by Gasteiger charge is -2.13. The fraction of sp³-hybridized carbons (Fsp3) is 0.455. The highest BCUT2D eigenvalue weighted by atomic mass is 32.2. The summed E-state index contributed by atoms with van der Waals surface area (Å²) in [6.45, 7) is 3.89. The summed E-state index contributed by atoms with van der Waals surface area (Å²) in [7, 11) is 0. The van der Waals surface area contributed by atoms with Crippen molar-refractivity contribution in [2.45, 2.75) is 19.9 Å². The Balaban J connectivity index is 1.93. The molecular weight excluding hydrogens is 206 g/mol. The molecule has 0 atom stereocenters. The van der Waals surface area contributed by atoms with Crippen molar-refractivity contribution >= 4 is 16.9 Å². The van der Waals surface area contributed by atoms with E-state index < -0.39 is 0 Å². The van der Waals surface area contributed by atoms with Crippen molar-refractivity contribution in [3.63, 3.8) is 0 Å². The SMILES string of the molecule is Cc1ccncc1CNC1=NCCCS1. The Labute approximate surface area is 94.4 Å². The summed E-state index contributed by atoms with van der Waals surface area (Å²) < 4.78 is 0. The summed E-state index contributed by atoms with van der Waals surface area (Å²) in [6, 6.07) is 2.03. The molecule has 1 N–H and O–H groups in total. The maximum absolute atomic E-state index is 4.42. The average molecular weight is 221 g/mol. The van der Waals surface area contributed by atoms with Crippen LogP contribution in [-0.2, 0) is 6.54 Å². The first-order valence-corrected chi connectivity index (χ1v) is 6.15. The fourth-order valence-electron chi connectivity index (χ4n) is 1.42. The molecule has 0 aliphatic carbocycles. The van der Waals surface area contributed by atoms with Gasteiger partial charge in [-0.1, -0.05) is 11.8 Å². The van der Waals surface area contributed by atoms with Crippen molar-refractivity contribution in [3.8, 4) is 0 Å². The van der Waals surface area contributed by atoms with Gasteiger partial charge in [0.1, 0.15) is 0 Å². The van der Waals surface area contributed by atoms with Crippen LogP contribution in [0.15, 0.2) is 23.5 Å². The molecule has 1 aromatic rings. The van der Waals surface area contributed by atoms with Crippen LogP contribution in [0.3, 0.4) is 0 Å². The minimum atomic E-state index is 0.825. The molecule has 0 spiro atoms. The Morgan fingerprint density at radius 2 is 2.47 bits per heavy atom. The van der Waals surface area contributed by atoms with Crippen LogP contribution < -0.4 is 5.32 Å². The summed E-state index contributed by atoms with van der Waals surface area (Å²) >= 11 is 1.81. The molecule has 80 valence electrons. The van der Waals surface area contributed by atoms with E-state index in [-0.39, 0.29) is 0 Å². The van der Waals surface area contributed by atoms with Crippen molar-refractivity contribution in [1.29, 1.82) is 0 Å².